The Labute approximate surface area is 139 Å². The second-order valence-electron chi connectivity index (χ2n) is 5.00. The topological polar surface area (TPSA) is 129 Å². The molecule has 0 aliphatic heterocycles. The van der Waals surface area contributed by atoms with Crippen LogP contribution in [0.25, 0.3) is 0 Å². The van der Waals surface area contributed by atoms with Gasteiger partial charge < -0.3 is 15.8 Å². The number of hydrogen-bond acceptors (Lipinski definition) is 5. The number of amides is 1. The van der Waals surface area contributed by atoms with E-state index in [1.807, 2.05) is 0 Å². The van der Waals surface area contributed by atoms with E-state index in [9.17, 15) is 19.7 Å². The Morgan fingerprint density at radius 3 is 2.71 bits per heavy atom. The second kappa shape index (κ2) is 9.21. The number of allylic oxidation sites excluding steroid dienone is 2. The highest BCUT2D eigenvalue weighted by Crippen LogP contribution is 2.27. The molecular weight excluding hydrogens is 314 g/mol. The van der Waals surface area contributed by atoms with Crippen LogP contribution in [0.5, 0.6) is 0 Å². The van der Waals surface area contributed by atoms with Crippen molar-refractivity contribution >= 4 is 17.6 Å². The van der Waals surface area contributed by atoms with Crippen molar-refractivity contribution in [2.75, 3.05) is 6.54 Å². The monoisotopic (exact) mass is 334 g/mol. The maximum atomic E-state index is 12.0. The van der Waals surface area contributed by atoms with Crippen LogP contribution in [0.15, 0.2) is 48.2 Å². The number of ether oxygens (including phenoxy) is 1. The minimum atomic E-state index is -0.757. The van der Waals surface area contributed by atoms with E-state index in [1.54, 1.807) is 49.6 Å². The summed E-state index contributed by atoms with van der Waals surface area (Å²) in [5, 5.41) is 12.6. The number of esters is 1. The van der Waals surface area contributed by atoms with E-state index in [2.05, 4.69) is 0 Å². The molecule has 0 saturated carbocycles. The largest absolute Gasteiger partial charge is 0.454 e. The number of nitrogens with zero attached hydrogens (tertiary/aromatic N) is 1. The molecule has 8 nitrogen and oxygen atoms in total. The molecular formula is C16H20N3O5+. The first-order valence-electron chi connectivity index (χ1n) is 7.22. The zero-order chi connectivity index (χ0) is 18.1. The molecule has 0 heterocycles. The van der Waals surface area contributed by atoms with Crippen molar-refractivity contribution in [3.05, 3.63) is 63.9 Å². The molecule has 24 heavy (non-hydrogen) atoms. The highest BCUT2D eigenvalue weighted by molar-refractivity contribution is 5.88. The molecule has 1 unspecified atom stereocenters. The number of rotatable bonds is 8. The Bertz CT molecular complexity index is 682. The molecule has 1 aromatic rings. The van der Waals surface area contributed by atoms with Crippen LogP contribution in [0.1, 0.15) is 25.5 Å². The molecule has 128 valence electrons. The lowest BCUT2D eigenvalue weighted by Gasteiger charge is -2.13. The Hall–Kier alpha value is -3.00. The summed E-state index contributed by atoms with van der Waals surface area (Å²) < 4.78 is 5.25. The van der Waals surface area contributed by atoms with Crippen molar-refractivity contribution in [3.8, 4) is 0 Å². The van der Waals surface area contributed by atoms with Crippen molar-refractivity contribution in [2.24, 2.45) is 5.73 Å². The average Bonchev–Trinajstić information content (AvgIpc) is 2.53. The summed E-state index contributed by atoms with van der Waals surface area (Å²) in [5.74, 6) is -1.03. The zero-order valence-electron chi connectivity index (χ0n) is 13.5. The lowest BCUT2D eigenvalue weighted by molar-refractivity contribution is -0.575. The highest BCUT2D eigenvalue weighted by atomic mass is 16.6. The summed E-state index contributed by atoms with van der Waals surface area (Å²) in [5.41, 5.74) is 5.54. The van der Waals surface area contributed by atoms with E-state index in [4.69, 9.17) is 10.5 Å². The molecule has 1 atom stereocenters. The number of para-hydroxylation sites is 1. The predicted molar refractivity (Wildman–Crippen MR) is 86.5 cm³/mol. The van der Waals surface area contributed by atoms with Gasteiger partial charge in [-0.05, 0) is 32.1 Å². The number of nitrogens with two attached hydrogens (primary N) is 2. The van der Waals surface area contributed by atoms with Gasteiger partial charge in [0.1, 0.15) is 6.10 Å². The van der Waals surface area contributed by atoms with Crippen LogP contribution in [0.3, 0.4) is 0 Å². The number of nitro groups is 1. The van der Waals surface area contributed by atoms with Crippen LogP contribution >= 0.6 is 0 Å². The molecule has 0 fully saturated rings. The molecule has 1 aromatic carbocycles. The van der Waals surface area contributed by atoms with Gasteiger partial charge in [-0.3, -0.25) is 14.9 Å². The van der Waals surface area contributed by atoms with Crippen LogP contribution in [0.4, 0.5) is 5.69 Å². The maximum absolute atomic E-state index is 12.0. The van der Waals surface area contributed by atoms with Gasteiger partial charge in [-0.1, -0.05) is 12.1 Å². The Kier molecular flexibility index (Phi) is 7.31. The molecule has 0 aliphatic carbocycles. The van der Waals surface area contributed by atoms with Crippen molar-refractivity contribution in [1.82, 2.24) is 0 Å². The van der Waals surface area contributed by atoms with Gasteiger partial charge in [0.2, 0.25) is 0 Å². The van der Waals surface area contributed by atoms with E-state index in [0.29, 0.717) is 11.1 Å². The number of hydrogen-bond donors (Lipinski definition) is 2. The summed E-state index contributed by atoms with van der Waals surface area (Å²) in [6, 6.07) is 6.11. The van der Waals surface area contributed by atoms with Gasteiger partial charge in [0.15, 0.2) is 6.54 Å². The van der Waals surface area contributed by atoms with Crippen molar-refractivity contribution in [1.29, 1.82) is 0 Å². The maximum Gasteiger partial charge on any atom is 0.334 e. The Morgan fingerprint density at radius 2 is 2.08 bits per heavy atom. The quantitative estimate of drug-likeness (QED) is 0.238. The molecule has 1 amide bonds. The van der Waals surface area contributed by atoms with Gasteiger partial charge in [0.05, 0.1) is 16.7 Å². The van der Waals surface area contributed by atoms with Crippen molar-refractivity contribution in [2.45, 2.75) is 20.0 Å². The Morgan fingerprint density at radius 1 is 1.42 bits per heavy atom. The standard InChI is InChI=1S/C16H19N3O5/c1-11(6-5-9-18-10-15(17)20)16(21)24-12(2)13-7-3-4-8-14(13)19(22)23/h3-9,12,18H,10H2,1-2H3,(H2,17,20)/p+1/b9-5-,11-6+. The van der Waals surface area contributed by atoms with E-state index < -0.39 is 22.9 Å². The first-order chi connectivity index (χ1) is 11.3. The zero-order valence-corrected chi connectivity index (χ0v) is 13.5. The highest BCUT2D eigenvalue weighted by Gasteiger charge is 2.21. The third kappa shape index (κ3) is 6.01. The van der Waals surface area contributed by atoms with Crippen LogP contribution in [0, 0.1) is 10.1 Å². The fourth-order valence-corrected chi connectivity index (χ4v) is 1.85. The lowest BCUT2D eigenvalue weighted by Crippen LogP contribution is -2.80. The molecule has 0 spiro atoms. The van der Waals surface area contributed by atoms with Crippen LogP contribution in [-0.2, 0) is 14.3 Å². The first-order valence-corrected chi connectivity index (χ1v) is 7.22. The van der Waals surface area contributed by atoms with Crippen molar-refractivity contribution < 1.29 is 24.6 Å². The third-order valence-corrected chi connectivity index (χ3v) is 3.09. The van der Waals surface area contributed by atoms with E-state index in [-0.39, 0.29) is 12.2 Å². The van der Waals surface area contributed by atoms with Crippen LogP contribution in [0.2, 0.25) is 0 Å². The number of benzene rings is 1. The number of nitro benzene ring substituents is 1. The number of quaternary nitrogens is 1. The van der Waals surface area contributed by atoms with Crippen LogP contribution in [-0.4, -0.2) is 23.3 Å². The number of carbonyl (C=O) groups excluding carboxylic acids is 2. The lowest BCUT2D eigenvalue weighted by atomic mass is 10.1. The summed E-state index contributed by atoms with van der Waals surface area (Å²) >= 11 is 0. The van der Waals surface area contributed by atoms with E-state index >= 15 is 0 Å². The van der Waals surface area contributed by atoms with E-state index in [1.165, 1.54) is 12.1 Å². The summed E-state index contributed by atoms with van der Waals surface area (Å²) in [7, 11) is 0. The van der Waals surface area contributed by atoms with Gasteiger partial charge >= 0.3 is 5.97 Å². The number of primary amides is 1. The molecule has 0 saturated heterocycles. The van der Waals surface area contributed by atoms with Gasteiger partial charge in [-0.2, -0.15) is 0 Å². The second-order valence-corrected chi connectivity index (χ2v) is 5.00. The normalized spacial score (nSPS) is 12.8. The summed E-state index contributed by atoms with van der Waals surface area (Å²) in [6.07, 6.45) is 3.93. The molecule has 0 bridgehead atoms. The van der Waals surface area contributed by atoms with E-state index in [0.717, 1.165) is 0 Å². The first kappa shape index (κ1) is 19.0. The van der Waals surface area contributed by atoms with Gasteiger partial charge in [0.25, 0.3) is 11.6 Å². The predicted octanol–water partition coefficient (Wildman–Crippen LogP) is 0.708. The fourth-order valence-electron chi connectivity index (χ4n) is 1.85. The molecule has 1 rings (SSSR count). The smallest absolute Gasteiger partial charge is 0.334 e. The molecule has 0 radical (unpaired) electrons. The van der Waals surface area contributed by atoms with Crippen LogP contribution < -0.4 is 11.1 Å². The minimum absolute atomic E-state index is 0.0969. The average molecular weight is 334 g/mol. The SMILES string of the molecule is C/C(=C\C=C/[NH2+]CC(N)=O)C(=O)OC(C)c1ccccc1[N+](=O)[O-]. The number of carbonyl (C=O) groups is 2. The molecule has 4 N–H and O–H groups in total. The summed E-state index contributed by atoms with van der Waals surface area (Å²) in [4.78, 5) is 33.0. The summed E-state index contributed by atoms with van der Waals surface area (Å²) in [6.45, 7) is 3.25. The third-order valence-electron chi connectivity index (χ3n) is 3.09. The minimum Gasteiger partial charge on any atom is -0.454 e. The Balaban J connectivity index is 2.70. The van der Waals surface area contributed by atoms with Gasteiger partial charge in [0, 0.05) is 11.6 Å². The van der Waals surface area contributed by atoms with Crippen molar-refractivity contribution in [3.63, 3.8) is 0 Å². The molecule has 0 aliphatic rings. The van der Waals surface area contributed by atoms with Gasteiger partial charge in [-0.25, -0.2) is 4.79 Å². The fraction of sp³-hybridized carbons (Fsp3) is 0.250. The molecule has 8 heteroatoms. The molecule has 0 aromatic heterocycles. The van der Waals surface area contributed by atoms with Gasteiger partial charge in [-0.15, -0.1) is 0 Å².